The van der Waals surface area contributed by atoms with Crippen LogP contribution in [0, 0.1) is 13.8 Å². The van der Waals surface area contributed by atoms with Gasteiger partial charge in [0.05, 0.1) is 4.90 Å². The monoisotopic (exact) mass is 328 g/mol. The van der Waals surface area contributed by atoms with E-state index in [4.69, 9.17) is 0 Å². The van der Waals surface area contributed by atoms with Crippen molar-refractivity contribution in [2.75, 3.05) is 18.4 Å². The Bertz CT molecular complexity index is 859. The first-order valence-corrected chi connectivity index (χ1v) is 9.33. The second-order valence-electron chi connectivity index (χ2n) is 6.58. The van der Waals surface area contributed by atoms with Crippen molar-refractivity contribution in [1.82, 2.24) is 4.31 Å². The maximum absolute atomic E-state index is 12.9. The number of nitrogens with one attached hydrogen (secondary N) is 1. The first-order valence-electron chi connectivity index (χ1n) is 7.89. The van der Waals surface area contributed by atoms with Gasteiger partial charge in [0.1, 0.15) is 0 Å². The minimum atomic E-state index is -3.42. The Hall–Kier alpha value is -1.85. The lowest BCUT2D eigenvalue weighted by Crippen LogP contribution is -2.31. The molecule has 0 radical (unpaired) electrons. The van der Waals surface area contributed by atoms with Crippen molar-refractivity contribution in [2.24, 2.45) is 0 Å². The largest absolute Gasteiger partial charge is 0.380 e. The molecule has 0 unspecified atom stereocenters. The Labute approximate surface area is 137 Å². The fourth-order valence-corrected chi connectivity index (χ4v) is 5.10. The molecule has 0 spiro atoms. The van der Waals surface area contributed by atoms with Crippen LogP contribution in [-0.2, 0) is 10.0 Å². The summed E-state index contributed by atoms with van der Waals surface area (Å²) in [6.45, 7) is 5.10. The van der Waals surface area contributed by atoms with Crippen LogP contribution in [0.3, 0.4) is 0 Å². The lowest BCUT2D eigenvalue weighted by molar-refractivity contribution is 0.470. The Kier molecular flexibility index (Phi) is 3.25. The molecule has 0 bridgehead atoms. The van der Waals surface area contributed by atoms with Crippen molar-refractivity contribution < 1.29 is 8.42 Å². The summed E-state index contributed by atoms with van der Waals surface area (Å²) in [5.74, 6) is 0.241. The molecular formula is C18H20N2O2S. The molecule has 0 aromatic heterocycles. The van der Waals surface area contributed by atoms with Crippen LogP contribution in [-0.4, -0.2) is 31.9 Å². The topological polar surface area (TPSA) is 49.4 Å². The number of hydrogen-bond acceptors (Lipinski definition) is 3. The van der Waals surface area contributed by atoms with E-state index in [0.717, 1.165) is 11.3 Å². The van der Waals surface area contributed by atoms with Crippen LogP contribution in [0.1, 0.15) is 22.6 Å². The second-order valence-corrected chi connectivity index (χ2v) is 8.52. The van der Waals surface area contributed by atoms with Gasteiger partial charge >= 0.3 is 0 Å². The number of rotatable bonds is 2. The predicted molar refractivity (Wildman–Crippen MR) is 91.3 cm³/mol. The zero-order chi connectivity index (χ0) is 16.2. The highest BCUT2D eigenvalue weighted by molar-refractivity contribution is 7.89. The van der Waals surface area contributed by atoms with E-state index in [1.807, 2.05) is 19.1 Å². The van der Waals surface area contributed by atoms with E-state index in [9.17, 15) is 8.42 Å². The molecule has 0 saturated carbocycles. The van der Waals surface area contributed by atoms with Crippen LogP contribution in [0.5, 0.6) is 0 Å². The van der Waals surface area contributed by atoms with Crippen LogP contribution in [0.25, 0.3) is 0 Å². The normalized spacial score (nSPS) is 23.4. The molecule has 4 rings (SSSR count). The Balaban J connectivity index is 1.63. The van der Waals surface area contributed by atoms with Gasteiger partial charge in [-0.2, -0.15) is 4.31 Å². The minimum Gasteiger partial charge on any atom is -0.380 e. The standard InChI is InChI=1S/C18H20N2O2S/c1-12-3-6-14(7-4-12)23(21,22)20-10-16-15-9-13(2)5-8-17(15)19-18(16)11-20/h3-9,16,18-19H,10-11H2,1-2H3/t16-,18-/m0/s1. The highest BCUT2D eigenvalue weighted by Gasteiger charge is 2.44. The molecule has 120 valence electrons. The van der Waals surface area contributed by atoms with Crippen molar-refractivity contribution in [3.63, 3.8) is 0 Å². The van der Waals surface area contributed by atoms with E-state index in [1.54, 1.807) is 16.4 Å². The number of nitrogens with zero attached hydrogens (tertiary/aromatic N) is 1. The van der Waals surface area contributed by atoms with E-state index in [1.165, 1.54) is 11.1 Å². The lowest BCUT2D eigenvalue weighted by atomic mass is 9.97. The van der Waals surface area contributed by atoms with E-state index in [2.05, 4.69) is 30.4 Å². The third kappa shape index (κ3) is 2.35. The van der Waals surface area contributed by atoms with Gasteiger partial charge in [-0.1, -0.05) is 35.4 Å². The Morgan fingerprint density at radius 3 is 2.43 bits per heavy atom. The van der Waals surface area contributed by atoms with Crippen molar-refractivity contribution in [3.8, 4) is 0 Å². The van der Waals surface area contributed by atoms with Crippen LogP contribution >= 0.6 is 0 Å². The molecule has 2 heterocycles. The first kappa shape index (κ1) is 14.7. The maximum Gasteiger partial charge on any atom is 0.243 e. The summed E-state index contributed by atoms with van der Waals surface area (Å²) in [6, 6.07) is 13.6. The van der Waals surface area contributed by atoms with E-state index < -0.39 is 10.0 Å². The number of sulfonamides is 1. The Morgan fingerprint density at radius 1 is 1.00 bits per heavy atom. The van der Waals surface area contributed by atoms with Gasteiger partial charge in [-0.25, -0.2) is 8.42 Å². The molecule has 0 aliphatic carbocycles. The van der Waals surface area contributed by atoms with Crippen LogP contribution in [0.2, 0.25) is 0 Å². The number of hydrogen-bond donors (Lipinski definition) is 1. The van der Waals surface area contributed by atoms with Crippen molar-refractivity contribution >= 4 is 15.7 Å². The average molecular weight is 328 g/mol. The third-order valence-corrected chi connectivity index (χ3v) is 6.74. The smallest absolute Gasteiger partial charge is 0.243 e. The summed E-state index contributed by atoms with van der Waals surface area (Å²) < 4.78 is 27.3. The molecule has 2 atom stereocenters. The van der Waals surface area contributed by atoms with Crippen molar-refractivity contribution in [1.29, 1.82) is 0 Å². The van der Waals surface area contributed by atoms with Gasteiger partial charge in [0.15, 0.2) is 0 Å². The minimum absolute atomic E-state index is 0.173. The van der Waals surface area contributed by atoms with E-state index in [0.29, 0.717) is 18.0 Å². The molecular weight excluding hydrogens is 308 g/mol. The molecule has 1 saturated heterocycles. The summed E-state index contributed by atoms with van der Waals surface area (Å²) in [6.07, 6.45) is 0. The van der Waals surface area contributed by atoms with Crippen LogP contribution in [0.4, 0.5) is 5.69 Å². The summed E-state index contributed by atoms with van der Waals surface area (Å²) in [5.41, 5.74) is 4.67. The highest BCUT2D eigenvalue weighted by Crippen LogP contribution is 2.42. The van der Waals surface area contributed by atoms with Gasteiger partial charge < -0.3 is 5.32 Å². The molecule has 0 amide bonds. The molecule has 4 nitrogen and oxygen atoms in total. The zero-order valence-corrected chi connectivity index (χ0v) is 14.1. The van der Waals surface area contributed by atoms with E-state index in [-0.39, 0.29) is 12.0 Å². The molecule has 2 aliphatic heterocycles. The van der Waals surface area contributed by atoms with Crippen LogP contribution in [0.15, 0.2) is 47.4 Å². The average Bonchev–Trinajstić information content (AvgIpc) is 3.06. The molecule has 1 N–H and O–H groups in total. The number of benzene rings is 2. The number of fused-ring (bicyclic) bond motifs is 3. The molecule has 23 heavy (non-hydrogen) atoms. The maximum atomic E-state index is 12.9. The second kappa shape index (κ2) is 5.08. The van der Waals surface area contributed by atoms with Gasteiger partial charge in [0.2, 0.25) is 10.0 Å². The van der Waals surface area contributed by atoms with Crippen molar-refractivity contribution in [3.05, 3.63) is 59.2 Å². The van der Waals surface area contributed by atoms with Crippen molar-refractivity contribution in [2.45, 2.75) is 30.7 Å². The highest BCUT2D eigenvalue weighted by atomic mass is 32.2. The molecule has 2 aromatic rings. The van der Waals surface area contributed by atoms with Gasteiger partial charge in [-0.3, -0.25) is 0 Å². The van der Waals surface area contributed by atoms with E-state index >= 15 is 0 Å². The summed E-state index contributed by atoms with van der Waals surface area (Å²) in [5, 5.41) is 3.48. The van der Waals surface area contributed by atoms with Gasteiger partial charge in [0.25, 0.3) is 0 Å². The SMILES string of the molecule is Cc1ccc(S(=O)(=O)N2C[C@@H]3Nc4ccc(C)cc4[C@@H]3C2)cc1. The Morgan fingerprint density at radius 2 is 1.70 bits per heavy atom. The zero-order valence-electron chi connectivity index (χ0n) is 13.3. The number of aryl methyl sites for hydroxylation is 2. The predicted octanol–water partition coefficient (Wildman–Crippen LogP) is 2.89. The summed E-state index contributed by atoms with van der Waals surface area (Å²) in [7, 11) is -3.42. The fraction of sp³-hybridized carbons (Fsp3) is 0.333. The molecule has 1 fully saturated rings. The molecule has 2 aliphatic rings. The van der Waals surface area contributed by atoms with Gasteiger partial charge in [0, 0.05) is 30.7 Å². The summed E-state index contributed by atoms with van der Waals surface area (Å²) >= 11 is 0. The first-order chi connectivity index (χ1) is 10.9. The molecule has 5 heteroatoms. The van der Waals surface area contributed by atoms with Gasteiger partial charge in [-0.15, -0.1) is 0 Å². The van der Waals surface area contributed by atoms with Gasteiger partial charge in [-0.05, 0) is 37.6 Å². The third-order valence-electron chi connectivity index (χ3n) is 4.89. The summed E-state index contributed by atoms with van der Waals surface area (Å²) in [4.78, 5) is 0.382. The lowest BCUT2D eigenvalue weighted by Gasteiger charge is -2.18. The number of anilines is 1. The molecule has 2 aromatic carbocycles. The fourth-order valence-electron chi connectivity index (χ4n) is 3.60. The quantitative estimate of drug-likeness (QED) is 0.922. The van der Waals surface area contributed by atoms with Crippen LogP contribution < -0.4 is 5.32 Å².